The third kappa shape index (κ3) is 2.97. The van der Waals surface area contributed by atoms with Crippen LogP contribution < -0.4 is 5.32 Å². The average Bonchev–Trinajstić information content (AvgIpc) is 2.50. The fourth-order valence-electron chi connectivity index (χ4n) is 1.51. The van der Waals surface area contributed by atoms with Crippen molar-refractivity contribution in [2.75, 3.05) is 13.7 Å². The van der Waals surface area contributed by atoms with E-state index in [9.17, 15) is 4.79 Å². The highest BCUT2D eigenvalue weighted by Crippen LogP contribution is 2.13. The minimum absolute atomic E-state index is 0.143. The standard InChI is InChI=1S/C9H17NO3/c1-6(2)13-7-4-8(10-5-7)9(11)12-3/h6-8,10H,4-5H2,1-3H3/t7-,8+/m1/s1. The zero-order valence-corrected chi connectivity index (χ0v) is 8.37. The maximum atomic E-state index is 11.1. The smallest absolute Gasteiger partial charge is 0.322 e. The molecule has 1 aliphatic heterocycles. The fourth-order valence-corrected chi connectivity index (χ4v) is 1.51. The third-order valence-electron chi connectivity index (χ3n) is 2.04. The van der Waals surface area contributed by atoms with Crippen LogP contribution in [-0.2, 0) is 14.3 Å². The lowest BCUT2D eigenvalue weighted by Crippen LogP contribution is -2.31. The van der Waals surface area contributed by atoms with Gasteiger partial charge in [0.1, 0.15) is 6.04 Å². The van der Waals surface area contributed by atoms with Gasteiger partial charge in [-0.3, -0.25) is 4.79 Å². The SMILES string of the molecule is COC(=O)[C@@H]1C[C@@H](OC(C)C)CN1. The minimum Gasteiger partial charge on any atom is -0.468 e. The van der Waals surface area contributed by atoms with Gasteiger partial charge in [0, 0.05) is 13.0 Å². The summed E-state index contributed by atoms with van der Waals surface area (Å²) in [5.41, 5.74) is 0. The number of ether oxygens (including phenoxy) is 2. The van der Waals surface area contributed by atoms with Crippen LogP contribution in [0.5, 0.6) is 0 Å². The predicted molar refractivity (Wildman–Crippen MR) is 48.4 cm³/mol. The van der Waals surface area contributed by atoms with Gasteiger partial charge in [-0.25, -0.2) is 0 Å². The molecule has 4 nitrogen and oxygen atoms in total. The van der Waals surface area contributed by atoms with Crippen molar-refractivity contribution in [3.63, 3.8) is 0 Å². The Hall–Kier alpha value is -0.610. The molecule has 0 aromatic rings. The lowest BCUT2D eigenvalue weighted by molar-refractivity contribution is -0.143. The van der Waals surface area contributed by atoms with Crippen LogP contribution in [0.2, 0.25) is 0 Å². The highest BCUT2D eigenvalue weighted by molar-refractivity contribution is 5.76. The average molecular weight is 187 g/mol. The van der Waals surface area contributed by atoms with Gasteiger partial charge in [0.05, 0.1) is 19.3 Å². The first-order valence-electron chi connectivity index (χ1n) is 4.60. The van der Waals surface area contributed by atoms with E-state index >= 15 is 0 Å². The number of rotatable bonds is 3. The van der Waals surface area contributed by atoms with E-state index in [1.54, 1.807) is 0 Å². The monoisotopic (exact) mass is 187 g/mol. The molecule has 13 heavy (non-hydrogen) atoms. The Morgan fingerprint density at radius 3 is 2.77 bits per heavy atom. The molecule has 1 N–H and O–H groups in total. The second-order valence-electron chi connectivity index (χ2n) is 3.53. The molecule has 76 valence electrons. The van der Waals surface area contributed by atoms with Gasteiger partial charge in [-0.2, -0.15) is 0 Å². The largest absolute Gasteiger partial charge is 0.468 e. The van der Waals surface area contributed by atoms with E-state index in [1.165, 1.54) is 7.11 Å². The van der Waals surface area contributed by atoms with Crippen molar-refractivity contribution in [3.8, 4) is 0 Å². The first-order chi connectivity index (χ1) is 6.13. The van der Waals surface area contributed by atoms with Crippen LogP contribution >= 0.6 is 0 Å². The summed E-state index contributed by atoms with van der Waals surface area (Å²) in [4.78, 5) is 11.1. The van der Waals surface area contributed by atoms with Crippen LogP contribution in [0.15, 0.2) is 0 Å². The Labute approximate surface area is 78.6 Å². The Morgan fingerprint density at radius 1 is 1.54 bits per heavy atom. The van der Waals surface area contributed by atoms with Crippen molar-refractivity contribution in [1.29, 1.82) is 0 Å². The fraction of sp³-hybridized carbons (Fsp3) is 0.889. The second kappa shape index (κ2) is 4.58. The van der Waals surface area contributed by atoms with Gasteiger partial charge in [0.25, 0.3) is 0 Å². The van der Waals surface area contributed by atoms with Crippen LogP contribution in [0.1, 0.15) is 20.3 Å². The molecule has 1 saturated heterocycles. The molecule has 0 spiro atoms. The van der Waals surface area contributed by atoms with Gasteiger partial charge in [-0.15, -0.1) is 0 Å². The van der Waals surface area contributed by atoms with E-state index in [0.717, 1.165) is 6.54 Å². The highest BCUT2D eigenvalue weighted by Gasteiger charge is 2.30. The Balaban J connectivity index is 2.32. The molecule has 1 aliphatic rings. The van der Waals surface area contributed by atoms with Crippen molar-refractivity contribution in [2.24, 2.45) is 0 Å². The van der Waals surface area contributed by atoms with Gasteiger partial charge in [-0.05, 0) is 13.8 Å². The minimum atomic E-state index is -0.199. The topological polar surface area (TPSA) is 47.6 Å². The normalized spacial score (nSPS) is 28.0. The summed E-state index contributed by atoms with van der Waals surface area (Å²) in [5, 5.41) is 3.06. The van der Waals surface area contributed by atoms with E-state index in [2.05, 4.69) is 10.1 Å². The molecular formula is C9H17NO3. The van der Waals surface area contributed by atoms with Crippen molar-refractivity contribution in [3.05, 3.63) is 0 Å². The van der Waals surface area contributed by atoms with Gasteiger partial charge in [0.2, 0.25) is 0 Å². The number of esters is 1. The van der Waals surface area contributed by atoms with Crippen molar-refractivity contribution >= 4 is 5.97 Å². The summed E-state index contributed by atoms with van der Waals surface area (Å²) in [5.74, 6) is -0.199. The molecule has 0 radical (unpaired) electrons. The zero-order valence-electron chi connectivity index (χ0n) is 8.37. The maximum absolute atomic E-state index is 11.1. The predicted octanol–water partition coefficient (Wildman–Crippen LogP) is 0.315. The van der Waals surface area contributed by atoms with Crippen LogP contribution in [0.4, 0.5) is 0 Å². The van der Waals surface area contributed by atoms with Crippen LogP contribution in [-0.4, -0.2) is 37.9 Å². The summed E-state index contributed by atoms with van der Waals surface area (Å²) in [7, 11) is 1.40. The van der Waals surface area contributed by atoms with Gasteiger partial charge < -0.3 is 14.8 Å². The van der Waals surface area contributed by atoms with Crippen molar-refractivity contribution in [1.82, 2.24) is 5.32 Å². The van der Waals surface area contributed by atoms with Crippen molar-refractivity contribution in [2.45, 2.75) is 38.5 Å². The van der Waals surface area contributed by atoms with Gasteiger partial charge in [-0.1, -0.05) is 0 Å². The molecular weight excluding hydrogens is 170 g/mol. The van der Waals surface area contributed by atoms with E-state index < -0.39 is 0 Å². The van der Waals surface area contributed by atoms with Gasteiger partial charge in [0.15, 0.2) is 0 Å². The first-order valence-corrected chi connectivity index (χ1v) is 4.60. The molecule has 0 aromatic heterocycles. The highest BCUT2D eigenvalue weighted by atomic mass is 16.5. The summed E-state index contributed by atoms with van der Waals surface area (Å²) in [6.45, 7) is 4.72. The molecule has 1 heterocycles. The summed E-state index contributed by atoms with van der Waals surface area (Å²) in [6.07, 6.45) is 1.07. The molecule has 4 heteroatoms. The molecule has 0 unspecified atom stereocenters. The molecule has 0 amide bonds. The molecule has 2 atom stereocenters. The van der Waals surface area contributed by atoms with Gasteiger partial charge >= 0.3 is 5.97 Å². The van der Waals surface area contributed by atoms with Crippen LogP contribution in [0.3, 0.4) is 0 Å². The summed E-state index contributed by atoms with van der Waals surface area (Å²) < 4.78 is 10.2. The van der Waals surface area contributed by atoms with Crippen LogP contribution in [0.25, 0.3) is 0 Å². The van der Waals surface area contributed by atoms with E-state index in [0.29, 0.717) is 6.42 Å². The number of methoxy groups -OCH3 is 1. The Kier molecular flexibility index (Phi) is 3.69. The van der Waals surface area contributed by atoms with Crippen molar-refractivity contribution < 1.29 is 14.3 Å². The molecule has 1 rings (SSSR count). The number of carbonyl (C=O) groups is 1. The molecule has 0 bridgehead atoms. The summed E-state index contributed by atoms with van der Waals surface area (Å²) >= 11 is 0. The molecule has 0 aliphatic carbocycles. The van der Waals surface area contributed by atoms with Crippen LogP contribution in [0, 0.1) is 0 Å². The summed E-state index contributed by atoms with van der Waals surface area (Å²) in [6, 6.07) is -0.186. The van der Waals surface area contributed by atoms with E-state index in [1.807, 2.05) is 13.8 Å². The number of hydrogen-bond donors (Lipinski definition) is 1. The molecule has 1 fully saturated rings. The second-order valence-corrected chi connectivity index (χ2v) is 3.53. The lowest BCUT2D eigenvalue weighted by Gasteiger charge is -2.13. The third-order valence-corrected chi connectivity index (χ3v) is 2.04. The van der Waals surface area contributed by atoms with E-state index in [4.69, 9.17) is 4.74 Å². The quantitative estimate of drug-likeness (QED) is 0.646. The van der Waals surface area contributed by atoms with E-state index in [-0.39, 0.29) is 24.2 Å². The Bertz CT molecular complexity index is 182. The number of carbonyl (C=O) groups excluding carboxylic acids is 1. The Morgan fingerprint density at radius 2 is 2.23 bits per heavy atom. The molecule has 0 saturated carbocycles. The lowest BCUT2D eigenvalue weighted by atomic mass is 10.2. The first kappa shape index (κ1) is 10.5. The number of hydrogen-bond acceptors (Lipinski definition) is 4. The number of nitrogens with one attached hydrogen (secondary N) is 1. The maximum Gasteiger partial charge on any atom is 0.322 e. The zero-order chi connectivity index (χ0) is 9.84. The molecule has 0 aromatic carbocycles.